The van der Waals surface area contributed by atoms with Gasteiger partial charge < -0.3 is 15.3 Å². The number of para-hydroxylation sites is 1. The van der Waals surface area contributed by atoms with Gasteiger partial charge in [0.25, 0.3) is 0 Å². The van der Waals surface area contributed by atoms with E-state index in [1.807, 2.05) is 24.5 Å². The fourth-order valence-electron chi connectivity index (χ4n) is 4.22. The molecule has 2 N–H and O–H groups in total. The summed E-state index contributed by atoms with van der Waals surface area (Å²) in [4.78, 5) is 7.03. The number of piperazine rings is 1. The van der Waals surface area contributed by atoms with Crippen LogP contribution in [0.25, 0.3) is 27.8 Å². The predicted octanol–water partition coefficient (Wildman–Crippen LogP) is 4.16. The predicted molar refractivity (Wildman–Crippen MR) is 122 cm³/mol. The Hall–Kier alpha value is -3.15. The fraction of sp³-hybridized carbons (Fsp3) is 0.240. The lowest BCUT2D eigenvalue weighted by Crippen LogP contribution is -2.43. The summed E-state index contributed by atoms with van der Waals surface area (Å²) in [6.45, 7) is 5.86. The summed E-state index contributed by atoms with van der Waals surface area (Å²) in [5.41, 5.74) is 7.62. The van der Waals surface area contributed by atoms with Crippen molar-refractivity contribution < 1.29 is 5.11 Å². The van der Waals surface area contributed by atoms with E-state index in [1.165, 1.54) is 16.8 Å². The molecule has 5 heteroatoms. The van der Waals surface area contributed by atoms with E-state index in [9.17, 15) is 5.11 Å². The van der Waals surface area contributed by atoms with Crippen LogP contribution in [0.5, 0.6) is 0 Å². The molecule has 0 bridgehead atoms. The first-order valence-corrected chi connectivity index (χ1v) is 10.5. The van der Waals surface area contributed by atoms with E-state index in [0.29, 0.717) is 0 Å². The average molecular weight is 399 g/mol. The molecule has 0 spiro atoms. The Balaban J connectivity index is 1.55. The van der Waals surface area contributed by atoms with Crippen LogP contribution < -0.4 is 10.2 Å². The van der Waals surface area contributed by atoms with Crippen LogP contribution in [0.2, 0.25) is 0 Å². The van der Waals surface area contributed by atoms with Crippen LogP contribution in [0.4, 0.5) is 5.69 Å². The van der Waals surface area contributed by atoms with Gasteiger partial charge in [0.1, 0.15) is 6.33 Å². The van der Waals surface area contributed by atoms with Crippen molar-refractivity contribution in [3.63, 3.8) is 0 Å². The summed E-state index contributed by atoms with van der Waals surface area (Å²) in [7, 11) is 0. The zero-order valence-corrected chi connectivity index (χ0v) is 17.1. The highest BCUT2D eigenvalue weighted by Gasteiger charge is 2.15. The van der Waals surface area contributed by atoms with Gasteiger partial charge in [0.2, 0.25) is 0 Å². The van der Waals surface area contributed by atoms with Crippen molar-refractivity contribution in [2.24, 2.45) is 0 Å². The Morgan fingerprint density at radius 3 is 2.63 bits per heavy atom. The minimum Gasteiger partial charge on any atom is -0.389 e. The second kappa shape index (κ2) is 7.94. The number of nitrogens with zero attached hydrogens (tertiary/aromatic N) is 3. The zero-order chi connectivity index (χ0) is 20.5. The van der Waals surface area contributed by atoms with Crippen molar-refractivity contribution in [2.75, 3.05) is 31.1 Å². The lowest BCUT2D eigenvalue weighted by molar-refractivity contribution is 0.199. The second-order valence-corrected chi connectivity index (χ2v) is 7.84. The van der Waals surface area contributed by atoms with Gasteiger partial charge in [0, 0.05) is 43.1 Å². The monoisotopic (exact) mass is 398 g/mol. The van der Waals surface area contributed by atoms with Gasteiger partial charge >= 0.3 is 0 Å². The molecule has 1 atom stereocenters. The molecule has 5 nitrogen and oxygen atoms in total. The zero-order valence-electron chi connectivity index (χ0n) is 17.1. The minimum atomic E-state index is -0.496. The first-order valence-electron chi connectivity index (χ1n) is 10.5. The van der Waals surface area contributed by atoms with Gasteiger partial charge in [-0.1, -0.05) is 36.4 Å². The van der Waals surface area contributed by atoms with Gasteiger partial charge in [-0.05, 0) is 48.4 Å². The number of aliphatic hydroxyl groups excluding tert-OH is 1. The van der Waals surface area contributed by atoms with E-state index >= 15 is 0 Å². The Labute approximate surface area is 176 Å². The van der Waals surface area contributed by atoms with Crippen molar-refractivity contribution in [2.45, 2.75) is 13.0 Å². The molecule has 4 aromatic rings. The SMILES string of the molecule is C[C@H](O)c1ccc2c(c1)ncn2-c1cccc(-c2ccccc2N2CCNCC2)c1. The van der Waals surface area contributed by atoms with Crippen molar-refractivity contribution in [3.8, 4) is 16.8 Å². The molecule has 5 rings (SSSR count). The van der Waals surface area contributed by atoms with Crippen molar-refractivity contribution in [1.29, 1.82) is 0 Å². The van der Waals surface area contributed by atoms with E-state index in [2.05, 4.69) is 68.3 Å². The molecule has 1 fully saturated rings. The van der Waals surface area contributed by atoms with Crippen LogP contribution in [0.1, 0.15) is 18.6 Å². The van der Waals surface area contributed by atoms with Crippen LogP contribution in [0.3, 0.4) is 0 Å². The lowest BCUT2D eigenvalue weighted by atomic mass is 10.0. The molecule has 1 aliphatic rings. The molecule has 1 saturated heterocycles. The van der Waals surface area contributed by atoms with E-state index in [0.717, 1.165) is 48.5 Å². The van der Waals surface area contributed by atoms with Crippen LogP contribution in [-0.2, 0) is 0 Å². The molecule has 0 aliphatic carbocycles. The Bertz CT molecular complexity index is 1170. The smallest absolute Gasteiger partial charge is 0.100 e. The number of hydrogen-bond donors (Lipinski definition) is 2. The summed E-state index contributed by atoms with van der Waals surface area (Å²) in [6, 6.07) is 23.2. The molecule has 2 heterocycles. The highest BCUT2D eigenvalue weighted by molar-refractivity contribution is 5.82. The molecule has 3 aromatic carbocycles. The van der Waals surface area contributed by atoms with E-state index in [-0.39, 0.29) is 0 Å². The largest absolute Gasteiger partial charge is 0.389 e. The summed E-state index contributed by atoms with van der Waals surface area (Å²) < 4.78 is 2.11. The highest BCUT2D eigenvalue weighted by atomic mass is 16.3. The molecule has 0 saturated carbocycles. The first-order chi connectivity index (χ1) is 14.7. The second-order valence-electron chi connectivity index (χ2n) is 7.84. The van der Waals surface area contributed by atoms with Gasteiger partial charge in [0.15, 0.2) is 0 Å². The quantitative estimate of drug-likeness (QED) is 0.542. The van der Waals surface area contributed by atoms with Crippen molar-refractivity contribution in [3.05, 3.63) is 78.6 Å². The van der Waals surface area contributed by atoms with Gasteiger partial charge in [-0.3, -0.25) is 4.57 Å². The maximum Gasteiger partial charge on any atom is 0.100 e. The number of rotatable bonds is 4. The summed E-state index contributed by atoms with van der Waals surface area (Å²) in [5, 5.41) is 13.3. The van der Waals surface area contributed by atoms with Gasteiger partial charge in [-0.25, -0.2) is 4.98 Å². The maximum absolute atomic E-state index is 9.86. The normalized spacial score (nSPS) is 15.5. The number of aliphatic hydroxyl groups is 1. The number of anilines is 1. The summed E-state index contributed by atoms with van der Waals surface area (Å²) in [6.07, 6.45) is 1.36. The molecular weight excluding hydrogens is 372 g/mol. The van der Waals surface area contributed by atoms with Crippen LogP contribution >= 0.6 is 0 Å². The molecule has 0 unspecified atom stereocenters. The minimum absolute atomic E-state index is 0.496. The van der Waals surface area contributed by atoms with E-state index in [4.69, 9.17) is 0 Å². The van der Waals surface area contributed by atoms with Gasteiger partial charge in [-0.2, -0.15) is 0 Å². The van der Waals surface area contributed by atoms with Crippen molar-refractivity contribution >= 4 is 16.7 Å². The number of imidazole rings is 1. The van der Waals surface area contributed by atoms with Gasteiger partial charge in [-0.15, -0.1) is 0 Å². The number of nitrogens with one attached hydrogen (secondary N) is 1. The molecular formula is C25H26N4O. The molecule has 0 radical (unpaired) electrons. The molecule has 152 valence electrons. The first kappa shape index (κ1) is 18.9. The Kier molecular flexibility index (Phi) is 4.99. The molecule has 30 heavy (non-hydrogen) atoms. The molecule has 0 amide bonds. The molecule has 1 aliphatic heterocycles. The van der Waals surface area contributed by atoms with Crippen LogP contribution in [0, 0.1) is 0 Å². The third kappa shape index (κ3) is 3.47. The van der Waals surface area contributed by atoms with Gasteiger partial charge in [0.05, 0.1) is 17.1 Å². The Morgan fingerprint density at radius 1 is 0.967 bits per heavy atom. The third-order valence-corrected chi connectivity index (χ3v) is 5.85. The average Bonchev–Trinajstić information content (AvgIpc) is 3.23. The lowest BCUT2D eigenvalue weighted by Gasteiger charge is -2.31. The third-order valence-electron chi connectivity index (χ3n) is 5.85. The fourth-order valence-corrected chi connectivity index (χ4v) is 4.22. The summed E-state index contributed by atoms with van der Waals surface area (Å²) >= 11 is 0. The number of benzene rings is 3. The van der Waals surface area contributed by atoms with E-state index < -0.39 is 6.10 Å². The summed E-state index contributed by atoms with van der Waals surface area (Å²) in [5.74, 6) is 0. The topological polar surface area (TPSA) is 53.3 Å². The Morgan fingerprint density at radius 2 is 1.80 bits per heavy atom. The number of aromatic nitrogens is 2. The standard InChI is InChI=1S/C25H26N4O/c1-18(30)19-9-10-25-23(16-19)27-17-29(25)21-6-4-5-20(15-21)22-7-2-3-8-24(22)28-13-11-26-12-14-28/h2-10,15-18,26,30H,11-14H2,1H3/t18-/m0/s1. The van der Waals surface area contributed by atoms with Crippen LogP contribution in [-0.4, -0.2) is 40.8 Å². The van der Waals surface area contributed by atoms with E-state index in [1.54, 1.807) is 6.92 Å². The van der Waals surface area contributed by atoms with Crippen LogP contribution in [0.15, 0.2) is 73.1 Å². The highest BCUT2D eigenvalue weighted by Crippen LogP contribution is 2.32. The maximum atomic E-state index is 9.86. The molecule has 1 aromatic heterocycles. The number of hydrogen-bond acceptors (Lipinski definition) is 4. The van der Waals surface area contributed by atoms with Crippen molar-refractivity contribution in [1.82, 2.24) is 14.9 Å². The number of fused-ring (bicyclic) bond motifs is 1.